The Morgan fingerprint density at radius 3 is 2.44 bits per heavy atom. The minimum Gasteiger partial charge on any atom is -0.369 e. The van der Waals surface area contributed by atoms with Crippen LogP contribution < -0.4 is 5.32 Å². The van der Waals surface area contributed by atoms with Crippen LogP contribution in [0.25, 0.3) is 0 Å². The smallest absolute Gasteiger partial charge is 0.143 e. The van der Waals surface area contributed by atoms with E-state index in [0.717, 1.165) is 39.6 Å². The van der Waals surface area contributed by atoms with Crippen molar-refractivity contribution in [2.45, 2.75) is 45.3 Å². The maximum atomic E-state index is 4.72. The molecule has 0 aromatic carbocycles. The van der Waals surface area contributed by atoms with E-state index in [1.165, 1.54) is 0 Å². The lowest BCUT2D eigenvalue weighted by Crippen LogP contribution is -2.20. The van der Waals surface area contributed by atoms with E-state index in [9.17, 15) is 0 Å². The zero-order valence-electron chi connectivity index (χ0n) is 11.8. The Morgan fingerprint density at radius 1 is 1.28 bits per heavy atom. The number of anilines is 1. The average molecular weight is 379 g/mol. The van der Waals surface area contributed by atoms with E-state index in [-0.39, 0.29) is 5.41 Å². The number of hydrogen-bond acceptors (Lipinski definition) is 4. The molecule has 0 amide bonds. The van der Waals surface area contributed by atoms with Crippen molar-refractivity contribution in [3.8, 4) is 0 Å². The lowest BCUT2D eigenvalue weighted by Gasteiger charge is -2.22. The van der Waals surface area contributed by atoms with Crippen LogP contribution in [0.1, 0.15) is 45.6 Å². The van der Waals surface area contributed by atoms with Gasteiger partial charge in [-0.2, -0.15) is 11.8 Å². The van der Waals surface area contributed by atoms with E-state index in [1.807, 2.05) is 0 Å². The Balaban J connectivity index is 3.20. The van der Waals surface area contributed by atoms with Crippen LogP contribution >= 0.6 is 34.4 Å². The van der Waals surface area contributed by atoms with Crippen LogP contribution in [0.3, 0.4) is 0 Å². The predicted molar refractivity (Wildman–Crippen MR) is 89.4 cm³/mol. The number of nitrogens with zero attached hydrogens (tertiary/aromatic N) is 2. The maximum Gasteiger partial charge on any atom is 0.143 e. The molecule has 0 aliphatic heterocycles. The van der Waals surface area contributed by atoms with Gasteiger partial charge >= 0.3 is 0 Å². The Hall–Kier alpha value is -0.0400. The molecular weight excluding hydrogens is 357 g/mol. The summed E-state index contributed by atoms with van der Waals surface area (Å²) in [6, 6.07) is 0. The number of hydrogen-bond donors (Lipinski definition) is 1. The standard InChI is InChI=1S/C13H22IN3S/c1-6-7-15-12-10(14)11(13(2,3)4)16-9(17-12)8-18-5/h6-8H2,1-5H3,(H,15,16,17). The predicted octanol–water partition coefficient (Wildman–Crippen LogP) is 4.06. The molecule has 102 valence electrons. The number of rotatable bonds is 5. The molecule has 0 spiro atoms. The summed E-state index contributed by atoms with van der Waals surface area (Å²) in [6.07, 6.45) is 3.18. The molecule has 3 nitrogen and oxygen atoms in total. The minimum atomic E-state index is 0.0509. The van der Waals surface area contributed by atoms with Gasteiger partial charge in [0, 0.05) is 12.0 Å². The molecule has 0 bridgehead atoms. The fourth-order valence-corrected chi connectivity index (χ4v) is 3.17. The van der Waals surface area contributed by atoms with Crippen molar-refractivity contribution >= 4 is 40.2 Å². The van der Waals surface area contributed by atoms with Gasteiger partial charge in [0.1, 0.15) is 11.6 Å². The molecule has 0 aliphatic rings. The maximum absolute atomic E-state index is 4.72. The average Bonchev–Trinajstić information content (AvgIpc) is 2.28. The first kappa shape index (κ1) is 16.0. The third-order valence-corrected chi connectivity index (χ3v) is 3.99. The van der Waals surface area contributed by atoms with Crippen LogP contribution in [-0.4, -0.2) is 22.8 Å². The van der Waals surface area contributed by atoms with Gasteiger partial charge in [-0.25, -0.2) is 9.97 Å². The molecule has 1 N–H and O–H groups in total. The van der Waals surface area contributed by atoms with Crippen molar-refractivity contribution < 1.29 is 0 Å². The summed E-state index contributed by atoms with van der Waals surface area (Å²) in [5.74, 6) is 2.77. The highest BCUT2D eigenvalue weighted by Gasteiger charge is 2.22. The third kappa shape index (κ3) is 4.26. The van der Waals surface area contributed by atoms with Crippen molar-refractivity contribution in [3.05, 3.63) is 15.1 Å². The van der Waals surface area contributed by atoms with Crippen molar-refractivity contribution in [2.24, 2.45) is 0 Å². The number of halogens is 1. The summed E-state index contributed by atoms with van der Waals surface area (Å²) >= 11 is 4.11. The first-order valence-electron chi connectivity index (χ1n) is 6.19. The van der Waals surface area contributed by atoms with Crippen LogP contribution in [-0.2, 0) is 11.2 Å². The lowest BCUT2D eigenvalue weighted by atomic mass is 9.92. The zero-order chi connectivity index (χ0) is 13.8. The summed E-state index contributed by atoms with van der Waals surface area (Å²) in [6.45, 7) is 9.71. The van der Waals surface area contributed by atoms with Crippen LogP contribution in [0.15, 0.2) is 0 Å². The normalized spacial score (nSPS) is 11.7. The molecule has 0 atom stereocenters. The van der Waals surface area contributed by atoms with E-state index in [0.29, 0.717) is 0 Å². The molecule has 0 saturated carbocycles. The number of thioether (sulfide) groups is 1. The SMILES string of the molecule is CCCNc1nc(CSC)nc(C(C)(C)C)c1I. The van der Waals surface area contributed by atoms with Gasteiger partial charge < -0.3 is 5.32 Å². The van der Waals surface area contributed by atoms with Crippen LogP contribution in [0.2, 0.25) is 0 Å². The highest BCUT2D eigenvalue weighted by Crippen LogP contribution is 2.29. The fourth-order valence-electron chi connectivity index (χ4n) is 1.54. The highest BCUT2D eigenvalue weighted by atomic mass is 127. The van der Waals surface area contributed by atoms with Gasteiger partial charge in [0.25, 0.3) is 0 Å². The number of nitrogens with one attached hydrogen (secondary N) is 1. The van der Waals surface area contributed by atoms with E-state index in [2.05, 4.69) is 66.8 Å². The number of aromatic nitrogens is 2. The molecule has 0 radical (unpaired) electrons. The molecule has 1 aromatic rings. The largest absolute Gasteiger partial charge is 0.369 e. The van der Waals surface area contributed by atoms with Gasteiger partial charge in [-0.1, -0.05) is 27.7 Å². The molecule has 0 fully saturated rings. The summed E-state index contributed by atoms with van der Waals surface area (Å²) < 4.78 is 1.15. The van der Waals surface area contributed by atoms with E-state index >= 15 is 0 Å². The van der Waals surface area contributed by atoms with Gasteiger partial charge in [0.2, 0.25) is 0 Å². The Bertz CT molecular complexity index is 402. The molecule has 18 heavy (non-hydrogen) atoms. The lowest BCUT2D eigenvalue weighted by molar-refractivity contribution is 0.560. The molecule has 5 heteroatoms. The van der Waals surface area contributed by atoms with E-state index in [1.54, 1.807) is 11.8 Å². The van der Waals surface area contributed by atoms with Gasteiger partial charge in [-0.15, -0.1) is 0 Å². The van der Waals surface area contributed by atoms with Crippen molar-refractivity contribution in [2.75, 3.05) is 18.1 Å². The van der Waals surface area contributed by atoms with Crippen molar-refractivity contribution in [3.63, 3.8) is 0 Å². The monoisotopic (exact) mass is 379 g/mol. The van der Waals surface area contributed by atoms with Gasteiger partial charge in [0.15, 0.2) is 0 Å². The summed E-state index contributed by atoms with van der Waals surface area (Å²) in [5, 5.41) is 3.41. The summed E-state index contributed by atoms with van der Waals surface area (Å²) in [7, 11) is 0. The fraction of sp³-hybridized carbons (Fsp3) is 0.692. The van der Waals surface area contributed by atoms with Crippen molar-refractivity contribution in [1.29, 1.82) is 0 Å². The Morgan fingerprint density at radius 2 is 1.94 bits per heavy atom. The first-order chi connectivity index (χ1) is 8.40. The minimum absolute atomic E-state index is 0.0509. The second-order valence-corrected chi connectivity index (χ2v) is 7.21. The molecule has 1 rings (SSSR count). The zero-order valence-corrected chi connectivity index (χ0v) is 14.8. The summed E-state index contributed by atoms with van der Waals surface area (Å²) in [5.41, 5.74) is 1.19. The van der Waals surface area contributed by atoms with Crippen LogP contribution in [0.4, 0.5) is 5.82 Å². The molecular formula is C13H22IN3S. The van der Waals surface area contributed by atoms with Gasteiger partial charge in [0.05, 0.1) is 15.0 Å². The van der Waals surface area contributed by atoms with Gasteiger partial charge in [-0.3, -0.25) is 0 Å². The van der Waals surface area contributed by atoms with E-state index in [4.69, 9.17) is 4.98 Å². The van der Waals surface area contributed by atoms with E-state index < -0.39 is 0 Å². The quantitative estimate of drug-likeness (QED) is 0.783. The third-order valence-electron chi connectivity index (χ3n) is 2.42. The Kier molecular flexibility index (Phi) is 6.17. The van der Waals surface area contributed by atoms with Crippen LogP contribution in [0, 0.1) is 3.57 Å². The van der Waals surface area contributed by atoms with Crippen LogP contribution in [0.5, 0.6) is 0 Å². The van der Waals surface area contributed by atoms with Gasteiger partial charge in [-0.05, 0) is 35.3 Å². The highest BCUT2D eigenvalue weighted by molar-refractivity contribution is 14.1. The van der Waals surface area contributed by atoms with Crippen molar-refractivity contribution in [1.82, 2.24) is 9.97 Å². The molecule has 0 aliphatic carbocycles. The molecule has 0 saturated heterocycles. The second-order valence-electron chi connectivity index (χ2n) is 5.26. The Labute approximate surface area is 128 Å². The second kappa shape index (κ2) is 6.93. The summed E-state index contributed by atoms with van der Waals surface area (Å²) in [4.78, 5) is 9.35. The molecule has 1 aromatic heterocycles. The topological polar surface area (TPSA) is 37.8 Å². The first-order valence-corrected chi connectivity index (χ1v) is 8.67. The molecule has 1 heterocycles. The molecule has 0 unspecified atom stereocenters.